The molecule has 0 amide bonds. The number of rotatable bonds is 6. The highest BCUT2D eigenvalue weighted by Gasteiger charge is 2.25. The zero-order chi connectivity index (χ0) is 13.1. The van der Waals surface area contributed by atoms with Crippen molar-refractivity contribution >= 4 is 17.3 Å². The average molecular weight is 250 g/mol. The number of nitro groups is 1. The number of nitrogens with one attached hydrogen (secondary N) is 1. The summed E-state index contributed by atoms with van der Waals surface area (Å²) in [6, 6.07) is 3.00. The molecule has 1 saturated carbocycles. The van der Waals surface area contributed by atoms with Gasteiger partial charge in [-0.1, -0.05) is 0 Å². The topological polar surface area (TPSA) is 71.3 Å². The SMILES string of the molecule is CCN(CC1CC1)c1cc([N+](=O)[O-])cc(NC)n1. The minimum atomic E-state index is -0.378. The third kappa shape index (κ3) is 2.88. The van der Waals surface area contributed by atoms with Crippen molar-refractivity contribution in [2.24, 2.45) is 5.92 Å². The lowest BCUT2D eigenvalue weighted by Gasteiger charge is -2.22. The molecule has 18 heavy (non-hydrogen) atoms. The van der Waals surface area contributed by atoms with Crippen LogP contribution in [0.2, 0.25) is 0 Å². The van der Waals surface area contributed by atoms with Gasteiger partial charge in [-0.05, 0) is 25.7 Å². The van der Waals surface area contributed by atoms with Gasteiger partial charge in [0.25, 0.3) is 5.69 Å². The fourth-order valence-corrected chi connectivity index (χ4v) is 1.89. The van der Waals surface area contributed by atoms with Crippen LogP contribution in [-0.2, 0) is 0 Å². The van der Waals surface area contributed by atoms with E-state index in [1.54, 1.807) is 13.1 Å². The van der Waals surface area contributed by atoms with E-state index in [9.17, 15) is 10.1 Å². The Kier molecular flexibility index (Phi) is 3.64. The van der Waals surface area contributed by atoms with Crippen LogP contribution >= 0.6 is 0 Å². The Morgan fingerprint density at radius 2 is 2.28 bits per heavy atom. The molecule has 1 aliphatic carbocycles. The molecule has 6 nitrogen and oxygen atoms in total. The predicted molar refractivity (Wildman–Crippen MR) is 71.0 cm³/mol. The quantitative estimate of drug-likeness (QED) is 0.619. The van der Waals surface area contributed by atoms with E-state index in [1.165, 1.54) is 18.9 Å². The normalized spacial score (nSPS) is 14.3. The number of anilines is 2. The molecule has 1 heterocycles. The van der Waals surface area contributed by atoms with Gasteiger partial charge in [0.1, 0.15) is 11.6 Å². The molecule has 0 saturated heterocycles. The van der Waals surface area contributed by atoms with Gasteiger partial charge >= 0.3 is 0 Å². The van der Waals surface area contributed by atoms with E-state index in [2.05, 4.69) is 15.2 Å². The van der Waals surface area contributed by atoms with E-state index in [0.29, 0.717) is 11.6 Å². The average Bonchev–Trinajstić information content (AvgIpc) is 3.19. The first-order valence-corrected chi connectivity index (χ1v) is 6.23. The minimum Gasteiger partial charge on any atom is -0.373 e. The van der Waals surface area contributed by atoms with E-state index in [4.69, 9.17) is 0 Å². The lowest BCUT2D eigenvalue weighted by Crippen LogP contribution is -2.26. The van der Waals surface area contributed by atoms with Crippen LogP contribution in [0.5, 0.6) is 0 Å². The van der Waals surface area contributed by atoms with E-state index >= 15 is 0 Å². The molecule has 0 aliphatic heterocycles. The standard InChI is InChI=1S/C12H18N4O2/c1-3-15(8-9-4-5-9)12-7-10(16(17)18)6-11(13-2)14-12/h6-7,9H,3-5,8H2,1-2H3,(H,13,14). The Bertz CT molecular complexity index is 446. The van der Waals surface area contributed by atoms with Gasteiger partial charge in [-0.25, -0.2) is 4.98 Å². The molecule has 1 fully saturated rings. The van der Waals surface area contributed by atoms with E-state index in [0.717, 1.165) is 19.0 Å². The third-order valence-electron chi connectivity index (χ3n) is 3.14. The largest absolute Gasteiger partial charge is 0.373 e. The van der Waals surface area contributed by atoms with Crippen molar-refractivity contribution in [1.29, 1.82) is 0 Å². The number of aromatic nitrogens is 1. The Labute approximate surface area is 106 Å². The molecule has 1 aromatic heterocycles. The Balaban J connectivity index is 2.28. The van der Waals surface area contributed by atoms with Gasteiger partial charge in [-0.3, -0.25) is 10.1 Å². The Hall–Kier alpha value is -1.85. The second-order valence-electron chi connectivity index (χ2n) is 4.56. The molecule has 0 atom stereocenters. The van der Waals surface area contributed by atoms with Crippen molar-refractivity contribution in [2.45, 2.75) is 19.8 Å². The van der Waals surface area contributed by atoms with E-state index < -0.39 is 0 Å². The molecule has 0 bridgehead atoms. The number of hydrogen-bond donors (Lipinski definition) is 1. The van der Waals surface area contributed by atoms with Crippen LogP contribution in [0.25, 0.3) is 0 Å². The third-order valence-corrected chi connectivity index (χ3v) is 3.14. The summed E-state index contributed by atoms with van der Waals surface area (Å²) in [5, 5.41) is 13.8. The summed E-state index contributed by atoms with van der Waals surface area (Å²) in [6.45, 7) is 3.80. The number of hydrogen-bond acceptors (Lipinski definition) is 5. The lowest BCUT2D eigenvalue weighted by atomic mass is 10.3. The first-order chi connectivity index (χ1) is 8.63. The van der Waals surface area contributed by atoms with Gasteiger partial charge in [-0.2, -0.15) is 0 Å². The van der Waals surface area contributed by atoms with Crippen LogP contribution in [0.1, 0.15) is 19.8 Å². The molecule has 6 heteroatoms. The van der Waals surface area contributed by atoms with Crippen molar-refractivity contribution < 1.29 is 4.92 Å². The van der Waals surface area contributed by atoms with Crippen molar-refractivity contribution in [3.05, 3.63) is 22.2 Å². The molecule has 98 valence electrons. The summed E-state index contributed by atoms with van der Waals surface area (Å²) in [6.07, 6.45) is 2.51. The number of pyridine rings is 1. The molecule has 1 aromatic rings. The first kappa shape index (κ1) is 12.6. The highest BCUT2D eigenvalue weighted by Crippen LogP contribution is 2.32. The molecule has 0 spiro atoms. The van der Waals surface area contributed by atoms with Crippen molar-refractivity contribution in [1.82, 2.24) is 4.98 Å². The highest BCUT2D eigenvalue weighted by atomic mass is 16.6. The summed E-state index contributed by atoms with van der Waals surface area (Å²) in [5.74, 6) is 1.94. The molecule has 2 rings (SSSR count). The van der Waals surface area contributed by atoms with Crippen LogP contribution in [0, 0.1) is 16.0 Å². The van der Waals surface area contributed by atoms with Crippen LogP contribution in [0.4, 0.5) is 17.3 Å². The van der Waals surface area contributed by atoms with Gasteiger partial charge in [0.2, 0.25) is 0 Å². The van der Waals surface area contributed by atoms with Crippen molar-refractivity contribution in [3.63, 3.8) is 0 Å². The maximum Gasteiger partial charge on any atom is 0.276 e. The summed E-state index contributed by atoms with van der Waals surface area (Å²) in [4.78, 5) is 17.0. The Morgan fingerprint density at radius 1 is 1.56 bits per heavy atom. The molecule has 0 radical (unpaired) electrons. The molecular formula is C12H18N4O2. The van der Waals surface area contributed by atoms with Gasteiger partial charge in [-0.15, -0.1) is 0 Å². The second kappa shape index (κ2) is 5.20. The van der Waals surface area contributed by atoms with Gasteiger partial charge in [0, 0.05) is 20.1 Å². The van der Waals surface area contributed by atoms with Gasteiger partial charge in [0.05, 0.1) is 17.1 Å². The molecule has 1 N–H and O–H groups in total. The maximum atomic E-state index is 10.9. The zero-order valence-electron chi connectivity index (χ0n) is 10.7. The van der Waals surface area contributed by atoms with Gasteiger partial charge in [0.15, 0.2) is 0 Å². The van der Waals surface area contributed by atoms with Crippen LogP contribution < -0.4 is 10.2 Å². The zero-order valence-corrected chi connectivity index (χ0v) is 10.7. The monoisotopic (exact) mass is 250 g/mol. The highest BCUT2D eigenvalue weighted by molar-refractivity contribution is 5.55. The summed E-state index contributed by atoms with van der Waals surface area (Å²) >= 11 is 0. The molecular weight excluding hydrogens is 232 g/mol. The van der Waals surface area contributed by atoms with Crippen LogP contribution in [-0.4, -0.2) is 30.0 Å². The van der Waals surface area contributed by atoms with Crippen LogP contribution in [0.15, 0.2) is 12.1 Å². The Morgan fingerprint density at radius 3 is 2.78 bits per heavy atom. The lowest BCUT2D eigenvalue weighted by molar-refractivity contribution is -0.384. The fraction of sp³-hybridized carbons (Fsp3) is 0.583. The van der Waals surface area contributed by atoms with E-state index in [1.807, 2.05) is 6.92 Å². The molecule has 0 unspecified atom stereocenters. The summed E-state index contributed by atoms with van der Waals surface area (Å²) < 4.78 is 0. The fourth-order valence-electron chi connectivity index (χ4n) is 1.89. The second-order valence-corrected chi connectivity index (χ2v) is 4.56. The van der Waals surface area contributed by atoms with Crippen molar-refractivity contribution in [2.75, 3.05) is 30.4 Å². The predicted octanol–water partition coefficient (Wildman–Crippen LogP) is 2.27. The van der Waals surface area contributed by atoms with E-state index in [-0.39, 0.29) is 10.6 Å². The summed E-state index contributed by atoms with van der Waals surface area (Å²) in [7, 11) is 1.72. The van der Waals surface area contributed by atoms with Crippen LogP contribution in [0.3, 0.4) is 0 Å². The minimum absolute atomic E-state index is 0.0820. The number of nitrogens with zero attached hydrogens (tertiary/aromatic N) is 3. The van der Waals surface area contributed by atoms with Gasteiger partial charge < -0.3 is 10.2 Å². The van der Waals surface area contributed by atoms with Crippen molar-refractivity contribution in [3.8, 4) is 0 Å². The maximum absolute atomic E-state index is 10.9. The first-order valence-electron chi connectivity index (χ1n) is 6.23. The summed E-state index contributed by atoms with van der Waals surface area (Å²) in [5.41, 5.74) is 0.0820. The molecule has 1 aliphatic rings. The molecule has 0 aromatic carbocycles. The smallest absolute Gasteiger partial charge is 0.276 e.